The molecule has 0 aliphatic heterocycles. The van der Waals surface area contributed by atoms with Crippen molar-refractivity contribution in [3.63, 3.8) is 0 Å². The van der Waals surface area contributed by atoms with Crippen molar-refractivity contribution in [2.45, 2.75) is 0 Å². The normalized spacial score (nSPS) is 11.1. The average molecular weight is 433 g/mol. The molecule has 0 unspecified atom stereocenters. The lowest BCUT2D eigenvalue weighted by molar-refractivity contribution is 0.813. The molecule has 0 bridgehead atoms. The fraction of sp³-hybridized carbons (Fsp3) is 0. The minimum atomic E-state index is -0.327. The van der Waals surface area contributed by atoms with Crippen molar-refractivity contribution < 1.29 is 0 Å². The molecule has 0 aliphatic carbocycles. The summed E-state index contributed by atoms with van der Waals surface area (Å²) in [5.41, 5.74) is 4.02. The van der Waals surface area contributed by atoms with Gasteiger partial charge in [0.1, 0.15) is 11.4 Å². The van der Waals surface area contributed by atoms with Crippen LogP contribution in [0, 0.1) is 0 Å². The summed E-state index contributed by atoms with van der Waals surface area (Å²) in [4.78, 5) is 12.6. The van der Waals surface area contributed by atoms with Gasteiger partial charge in [0.15, 0.2) is 0 Å². The summed E-state index contributed by atoms with van der Waals surface area (Å²) in [6.07, 6.45) is 1.88. The van der Waals surface area contributed by atoms with Gasteiger partial charge in [-0.05, 0) is 30.3 Å². The summed E-state index contributed by atoms with van der Waals surface area (Å²) in [5, 5.41) is 10.1. The molecule has 0 N–H and O–H groups in total. The van der Waals surface area contributed by atoms with Crippen LogP contribution >= 0.6 is 23.2 Å². The zero-order chi connectivity index (χ0) is 20.7. The number of benzene rings is 2. The van der Waals surface area contributed by atoms with Gasteiger partial charge >= 0.3 is 0 Å². The van der Waals surface area contributed by atoms with E-state index in [4.69, 9.17) is 28.3 Å². The van der Waals surface area contributed by atoms with E-state index in [0.717, 1.165) is 22.3 Å². The molecule has 5 aromatic rings. The number of nitrogens with zero attached hydrogens (tertiary/aromatic N) is 4. The molecule has 5 rings (SSSR count). The second kappa shape index (κ2) is 7.44. The molecular weight excluding hydrogens is 419 g/mol. The van der Waals surface area contributed by atoms with E-state index in [1.165, 1.54) is 10.7 Å². The molecule has 7 heteroatoms. The van der Waals surface area contributed by atoms with Crippen LogP contribution in [0.1, 0.15) is 0 Å². The van der Waals surface area contributed by atoms with Crippen LogP contribution in [0.15, 0.2) is 89.9 Å². The topological polar surface area (TPSA) is 52.2 Å². The van der Waals surface area contributed by atoms with Gasteiger partial charge in [-0.3, -0.25) is 4.79 Å². The minimum absolute atomic E-state index is 0.327. The second-order valence-electron chi connectivity index (χ2n) is 6.66. The molecule has 0 amide bonds. The molecule has 2 aromatic carbocycles. The molecule has 0 spiro atoms. The van der Waals surface area contributed by atoms with Gasteiger partial charge < -0.3 is 0 Å². The van der Waals surface area contributed by atoms with Gasteiger partial charge in [-0.1, -0.05) is 65.7 Å². The highest BCUT2D eigenvalue weighted by atomic mass is 35.5. The molecule has 5 nitrogen and oxygen atoms in total. The molecule has 0 aliphatic rings. The third kappa shape index (κ3) is 3.09. The fourth-order valence-electron chi connectivity index (χ4n) is 3.45. The van der Waals surface area contributed by atoms with Gasteiger partial charge in [-0.25, -0.2) is 4.52 Å². The number of halogens is 2. The number of fused-ring (bicyclic) bond motifs is 1. The third-order valence-electron chi connectivity index (χ3n) is 4.79. The van der Waals surface area contributed by atoms with E-state index in [2.05, 4.69) is 5.10 Å². The van der Waals surface area contributed by atoms with Gasteiger partial charge in [0.05, 0.1) is 26.8 Å². The molecule has 3 heterocycles. The van der Waals surface area contributed by atoms with Crippen LogP contribution in [0.25, 0.3) is 33.7 Å². The van der Waals surface area contributed by atoms with Crippen LogP contribution < -0.4 is 5.56 Å². The summed E-state index contributed by atoms with van der Waals surface area (Å²) >= 11 is 12.7. The number of aromatic nitrogens is 4. The highest BCUT2D eigenvalue weighted by Crippen LogP contribution is 2.34. The lowest BCUT2D eigenvalue weighted by Crippen LogP contribution is -2.21. The summed E-state index contributed by atoms with van der Waals surface area (Å²) in [6.45, 7) is 0. The van der Waals surface area contributed by atoms with Crippen molar-refractivity contribution >= 4 is 28.7 Å². The van der Waals surface area contributed by atoms with E-state index in [1.807, 2.05) is 54.7 Å². The largest absolute Gasteiger partial charge is 0.271 e. The Morgan fingerprint density at radius 3 is 2.23 bits per heavy atom. The van der Waals surface area contributed by atoms with E-state index < -0.39 is 0 Å². The second-order valence-corrected chi connectivity index (χ2v) is 7.47. The molecule has 0 radical (unpaired) electrons. The van der Waals surface area contributed by atoms with E-state index in [-0.39, 0.29) is 5.56 Å². The van der Waals surface area contributed by atoms with E-state index >= 15 is 0 Å². The van der Waals surface area contributed by atoms with Crippen molar-refractivity contribution in [2.24, 2.45) is 0 Å². The number of hydrogen-bond donors (Lipinski definition) is 0. The first-order valence-corrected chi connectivity index (χ1v) is 9.97. The predicted molar refractivity (Wildman–Crippen MR) is 119 cm³/mol. The van der Waals surface area contributed by atoms with Crippen molar-refractivity contribution in [3.05, 3.63) is 105 Å². The SMILES string of the molecule is O=c1ccc(-c2c(-c3ccccc3)nn3ccccc23)nn1-c1c(Cl)cccc1Cl. The number of rotatable bonds is 3. The Morgan fingerprint density at radius 1 is 0.733 bits per heavy atom. The Kier molecular flexibility index (Phi) is 4.62. The maximum absolute atomic E-state index is 12.6. The Bertz CT molecular complexity index is 1420. The number of pyridine rings is 1. The minimum Gasteiger partial charge on any atom is -0.267 e. The Morgan fingerprint density at radius 2 is 1.47 bits per heavy atom. The van der Waals surface area contributed by atoms with Gasteiger partial charge in [0, 0.05) is 17.8 Å². The smallest absolute Gasteiger partial charge is 0.267 e. The lowest BCUT2D eigenvalue weighted by Gasteiger charge is -2.11. The Hall–Kier alpha value is -3.41. The first kappa shape index (κ1) is 18.6. The molecule has 0 atom stereocenters. The maximum atomic E-state index is 12.6. The van der Waals surface area contributed by atoms with Gasteiger partial charge in [0.25, 0.3) is 5.56 Å². The van der Waals surface area contributed by atoms with Gasteiger partial charge in [-0.15, -0.1) is 0 Å². The molecule has 30 heavy (non-hydrogen) atoms. The third-order valence-corrected chi connectivity index (χ3v) is 5.40. The van der Waals surface area contributed by atoms with Crippen LogP contribution in [0.2, 0.25) is 10.0 Å². The lowest BCUT2D eigenvalue weighted by atomic mass is 10.0. The summed E-state index contributed by atoms with van der Waals surface area (Å²) < 4.78 is 3.04. The van der Waals surface area contributed by atoms with Crippen LogP contribution in [-0.4, -0.2) is 19.4 Å². The van der Waals surface area contributed by atoms with Crippen molar-refractivity contribution in [1.29, 1.82) is 0 Å². The quantitative estimate of drug-likeness (QED) is 0.377. The van der Waals surface area contributed by atoms with Crippen molar-refractivity contribution in [1.82, 2.24) is 19.4 Å². The van der Waals surface area contributed by atoms with Gasteiger partial charge in [-0.2, -0.15) is 14.9 Å². The molecule has 0 saturated heterocycles. The van der Waals surface area contributed by atoms with E-state index in [0.29, 0.717) is 21.4 Å². The Labute approximate surface area is 181 Å². The first-order chi connectivity index (χ1) is 14.6. The Balaban J connectivity index is 1.81. The van der Waals surface area contributed by atoms with Crippen LogP contribution in [-0.2, 0) is 0 Å². The highest BCUT2D eigenvalue weighted by molar-refractivity contribution is 6.37. The summed E-state index contributed by atoms with van der Waals surface area (Å²) in [5.74, 6) is 0. The molecular formula is C23H14Cl2N4O. The maximum Gasteiger partial charge on any atom is 0.271 e. The van der Waals surface area contributed by atoms with Crippen LogP contribution in [0.4, 0.5) is 0 Å². The van der Waals surface area contributed by atoms with Crippen molar-refractivity contribution in [3.8, 4) is 28.2 Å². The summed E-state index contributed by atoms with van der Waals surface area (Å²) in [7, 11) is 0. The highest BCUT2D eigenvalue weighted by Gasteiger charge is 2.19. The predicted octanol–water partition coefficient (Wildman–Crippen LogP) is 5.52. The fourth-order valence-corrected chi connectivity index (χ4v) is 4.00. The molecule has 0 saturated carbocycles. The van der Waals surface area contributed by atoms with E-state index in [1.54, 1.807) is 28.8 Å². The van der Waals surface area contributed by atoms with Crippen molar-refractivity contribution in [2.75, 3.05) is 0 Å². The van der Waals surface area contributed by atoms with Gasteiger partial charge in [0.2, 0.25) is 0 Å². The molecule has 146 valence electrons. The van der Waals surface area contributed by atoms with Crippen LogP contribution in [0.5, 0.6) is 0 Å². The number of hydrogen-bond acceptors (Lipinski definition) is 3. The summed E-state index contributed by atoms with van der Waals surface area (Å²) in [6, 6.07) is 23.9. The van der Waals surface area contributed by atoms with Crippen LogP contribution in [0.3, 0.4) is 0 Å². The molecule has 3 aromatic heterocycles. The zero-order valence-corrected chi connectivity index (χ0v) is 17.0. The zero-order valence-electron chi connectivity index (χ0n) is 15.5. The first-order valence-electron chi connectivity index (χ1n) is 9.21. The van der Waals surface area contributed by atoms with E-state index in [9.17, 15) is 4.79 Å². The molecule has 0 fully saturated rings. The average Bonchev–Trinajstić information content (AvgIpc) is 3.15. The number of para-hydroxylation sites is 1. The standard InChI is InChI=1S/C23H14Cl2N4O/c24-16-9-6-10-17(25)23(16)29-20(30)13-12-18(26-29)21-19-11-4-5-14-28(19)27-22(21)15-7-2-1-3-8-15/h1-14H. The monoisotopic (exact) mass is 432 g/mol.